The van der Waals surface area contributed by atoms with Crippen LogP contribution in [0, 0.1) is 17.3 Å². The van der Waals surface area contributed by atoms with E-state index in [1.54, 1.807) is 26.8 Å². The molecule has 5 atom stereocenters. The topological polar surface area (TPSA) is 89.9 Å². The van der Waals surface area contributed by atoms with E-state index in [-0.39, 0.29) is 23.7 Å². The highest BCUT2D eigenvalue weighted by molar-refractivity contribution is 5.94. The number of ether oxygens (including phenoxy) is 2. The third kappa shape index (κ3) is 2.46. The van der Waals surface area contributed by atoms with Crippen LogP contribution in [0.2, 0.25) is 0 Å². The molecule has 1 heterocycles. The fourth-order valence-electron chi connectivity index (χ4n) is 4.64. The number of Topliss-reactive ketones (excluding diaryl/α,β-unsaturated/α-hetero) is 1. The Morgan fingerprint density at radius 2 is 2.04 bits per heavy atom. The van der Waals surface area contributed by atoms with Crippen LogP contribution in [0.3, 0.4) is 0 Å². The smallest absolute Gasteiger partial charge is 0.336 e. The average molecular weight is 362 g/mol. The van der Waals surface area contributed by atoms with Crippen molar-refractivity contribution in [3.8, 4) is 0 Å². The molecule has 3 rings (SSSR count). The zero-order chi connectivity index (χ0) is 19.4. The van der Waals surface area contributed by atoms with E-state index >= 15 is 0 Å². The van der Waals surface area contributed by atoms with Crippen molar-refractivity contribution < 1.29 is 29.0 Å². The Balaban J connectivity index is 2.16. The molecular formula is C20H26O6. The molecule has 26 heavy (non-hydrogen) atoms. The van der Waals surface area contributed by atoms with Crippen LogP contribution in [-0.2, 0) is 23.9 Å². The summed E-state index contributed by atoms with van der Waals surface area (Å²) in [6, 6.07) is 0. The molecule has 3 aliphatic rings. The summed E-state index contributed by atoms with van der Waals surface area (Å²) in [5.74, 6) is -3.48. The van der Waals surface area contributed by atoms with Crippen molar-refractivity contribution in [1.82, 2.24) is 0 Å². The molecule has 0 aromatic rings. The van der Waals surface area contributed by atoms with Crippen molar-refractivity contribution >= 4 is 17.7 Å². The number of fused-ring (bicyclic) bond motifs is 2. The molecule has 0 bridgehead atoms. The first-order valence-electron chi connectivity index (χ1n) is 9.09. The predicted molar refractivity (Wildman–Crippen MR) is 92.7 cm³/mol. The second-order valence-corrected chi connectivity index (χ2v) is 8.00. The summed E-state index contributed by atoms with van der Waals surface area (Å²) >= 11 is 0. The minimum absolute atomic E-state index is 0.0156. The highest BCUT2D eigenvalue weighted by Crippen LogP contribution is 2.59. The van der Waals surface area contributed by atoms with Gasteiger partial charge in [0.25, 0.3) is 0 Å². The van der Waals surface area contributed by atoms with Gasteiger partial charge < -0.3 is 14.6 Å². The summed E-state index contributed by atoms with van der Waals surface area (Å²) in [7, 11) is 0. The predicted octanol–water partition coefficient (Wildman–Crippen LogP) is 2.45. The van der Waals surface area contributed by atoms with Crippen molar-refractivity contribution in [1.29, 1.82) is 0 Å². The second kappa shape index (κ2) is 6.05. The van der Waals surface area contributed by atoms with Crippen LogP contribution in [0.15, 0.2) is 22.8 Å². The van der Waals surface area contributed by atoms with Crippen LogP contribution in [0.1, 0.15) is 53.9 Å². The van der Waals surface area contributed by atoms with Crippen molar-refractivity contribution in [2.45, 2.75) is 65.8 Å². The van der Waals surface area contributed by atoms with E-state index in [4.69, 9.17) is 9.47 Å². The van der Waals surface area contributed by atoms with Gasteiger partial charge in [-0.05, 0) is 33.1 Å². The van der Waals surface area contributed by atoms with Gasteiger partial charge in [-0.3, -0.25) is 4.79 Å². The molecular weight excluding hydrogens is 336 g/mol. The Labute approximate surface area is 153 Å². The van der Waals surface area contributed by atoms with Crippen LogP contribution < -0.4 is 0 Å². The van der Waals surface area contributed by atoms with Crippen LogP contribution in [0.25, 0.3) is 0 Å². The lowest BCUT2D eigenvalue weighted by Crippen LogP contribution is -2.61. The molecule has 0 radical (unpaired) electrons. The molecule has 1 N–H and O–H groups in total. The van der Waals surface area contributed by atoms with E-state index in [9.17, 15) is 19.5 Å². The number of allylic oxidation sites excluding steroid dienone is 1. The van der Waals surface area contributed by atoms with Crippen LogP contribution in [0.4, 0.5) is 0 Å². The molecule has 0 amide bonds. The Hall–Kier alpha value is -1.95. The SMILES string of the molecule is C/C=C(/C)C(=O)O[C@@H]1C2=C(C)C(=O)O[C@]2(O)CC2C(=O)CC[C@H](C)[C@]21C. The van der Waals surface area contributed by atoms with Gasteiger partial charge in [0.2, 0.25) is 5.79 Å². The van der Waals surface area contributed by atoms with E-state index in [2.05, 4.69) is 0 Å². The van der Waals surface area contributed by atoms with E-state index in [0.717, 1.165) is 0 Å². The normalized spacial score (nSPS) is 40.1. The van der Waals surface area contributed by atoms with Gasteiger partial charge in [0, 0.05) is 35.3 Å². The fourth-order valence-corrected chi connectivity index (χ4v) is 4.64. The minimum atomic E-state index is -1.88. The maximum atomic E-state index is 12.7. The summed E-state index contributed by atoms with van der Waals surface area (Å²) in [6.07, 6.45) is 1.87. The van der Waals surface area contributed by atoms with Crippen molar-refractivity contribution in [2.24, 2.45) is 17.3 Å². The fraction of sp³-hybridized carbons (Fsp3) is 0.650. The zero-order valence-corrected chi connectivity index (χ0v) is 15.9. The maximum absolute atomic E-state index is 12.7. The molecule has 0 spiro atoms. The summed E-state index contributed by atoms with van der Waals surface area (Å²) < 4.78 is 11.0. The first kappa shape index (κ1) is 18.8. The molecule has 0 saturated heterocycles. The first-order chi connectivity index (χ1) is 12.1. The molecule has 2 saturated carbocycles. The zero-order valence-electron chi connectivity index (χ0n) is 15.9. The number of carbonyl (C=O) groups is 3. The Morgan fingerprint density at radius 1 is 1.38 bits per heavy atom. The average Bonchev–Trinajstić information content (AvgIpc) is 2.81. The molecule has 2 aliphatic carbocycles. The third-order valence-electron chi connectivity index (χ3n) is 6.71. The number of aliphatic hydroxyl groups is 1. The quantitative estimate of drug-likeness (QED) is 0.599. The standard InChI is InChI=1S/C20H26O6/c1-6-10(2)17(22)25-16-15-12(4)18(23)26-20(15,24)9-13-14(21)8-7-11(3)19(13,16)5/h6,11,13,16,24H,7-9H2,1-5H3/b10-6-/t11-,13?,16+,19+,20+/m0/s1. The molecule has 0 aromatic carbocycles. The van der Waals surface area contributed by atoms with Gasteiger partial charge in [-0.2, -0.15) is 0 Å². The Morgan fingerprint density at radius 3 is 2.65 bits per heavy atom. The minimum Gasteiger partial charge on any atom is -0.454 e. The van der Waals surface area contributed by atoms with Gasteiger partial charge in [0.1, 0.15) is 11.9 Å². The van der Waals surface area contributed by atoms with Crippen molar-refractivity contribution in [3.63, 3.8) is 0 Å². The van der Waals surface area contributed by atoms with Gasteiger partial charge in [0.15, 0.2) is 0 Å². The molecule has 1 aliphatic heterocycles. The summed E-state index contributed by atoms with van der Waals surface area (Å²) in [5, 5.41) is 11.0. The van der Waals surface area contributed by atoms with E-state index in [1.165, 1.54) is 0 Å². The van der Waals surface area contributed by atoms with Gasteiger partial charge in [-0.15, -0.1) is 0 Å². The van der Waals surface area contributed by atoms with Gasteiger partial charge in [0.05, 0.1) is 5.57 Å². The third-order valence-corrected chi connectivity index (χ3v) is 6.71. The number of hydrogen-bond donors (Lipinski definition) is 1. The van der Waals surface area contributed by atoms with Gasteiger partial charge in [-0.25, -0.2) is 9.59 Å². The first-order valence-corrected chi connectivity index (χ1v) is 9.09. The van der Waals surface area contributed by atoms with Crippen molar-refractivity contribution in [3.05, 3.63) is 22.8 Å². The van der Waals surface area contributed by atoms with E-state index in [0.29, 0.717) is 24.0 Å². The molecule has 6 nitrogen and oxygen atoms in total. The molecule has 142 valence electrons. The van der Waals surface area contributed by atoms with E-state index < -0.39 is 35.2 Å². The van der Waals surface area contributed by atoms with E-state index in [1.807, 2.05) is 13.8 Å². The molecule has 1 unspecified atom stereocenters. The summed E-state index contributed by atoms with van der Waals surface area (Å²) in [4.78, 5) is 37.4. The Bertz CT molecular complexity index is 747. The lowest BCUT2D eigenvalue weighted by atomic mass is 9.52. The van der Waals surface area contributed by atoms with Crippen molar-refractivity contribution in [2.75, 3.05) is 0 Å². The number of ketones is 1. The maximum Gasteiger partial charge on any atom is 0.336 e. The largest absolute Gasteiger partial charge is 0.454 e. The second-order valence-electron chi connectivity index (χ2n) is 8.00. The lowest BCUT2D eigenvalue weighted by molar-refractivity contribution is -0.223. The van der Waals surface area contributed by atoms with Crippen LogP contribution in [-0.4, -0.2) is 34.7 Å². The monoisotopic (exact) mass is 362 g/mol. The van der Waals surface area contributed by atoms with Gasteiger partial charge in [-0.1, -0.05) is 19.9 Å². The number of esters is 2. The molecule has 2 fully saturated rings. The van der Waals surface area contributed by atoms with Gasteiger partial charge >= 0.3 is 11.9 Å². The lowest BCUT2D eigenvalue weighted by Gasteiger charge is -2.55. The van der Waals surface area contributed by atoms with Crippen LogP contribution >= 0.6 is 0 Å². The molecule has 6 heteroatoms. The van der Waals surface area contributed by atoms with Crippen LogP contribution in [0.5, 0.6) is 0 Å². The Kier molecular flexibility index (Phi) is 4.38. The highest BCUT2D eigenvalue weighted by atomic mass is 16.7. The summed E-state index contributed by atoms with van der Waals surface area (Å²) in [6.45, 7) is 8.89. The number of rotatable bonds is 2. The number of hydrogen-bond acceptors (Lipinski definition) is 6. The number of carbonyl (C=O) groups excluding carboxylic acids is 3. The molecule has 0 aromatic heterocycles. The highest BCUT2D eigenvalue weighted by Gasteiger charge is 2.66. The summed E-state index contributed by atoms with van der Waals surface area (Å²) in [5.41, 5.74) is 0.279.